The molecular weight excluding hydrogens is 244 g/mol. The fraction of sp³-hybridized carbons (Fsp3) is 0.400. The molecule has 0 fully saturated rings. The Balaban J connectivity index is 2.88. The van der Waals surface area contributed by atoms with Crippen molar-refractivity contribution < 1.29 is 4.79 Å². The Morgan fingerprint density at radius 2 is 2.14 bits per heavy atom. The van der Waals surface area contributed by atoms with Gasteiger partial charge in [0.05, 0.1) is 0 Å². The lowest BCUT2D eigenvalue weighted by Crippen LogP contribution is -2.30. The van der Waals surface area contributed by atoms with Crippen LogP contribution in [0.15, 0.2) is 22.9 Å². The lowest BCUT2D eigenvalue weighted by Gasteiger charge is -2.18. The van der Waals surface area contributed by atoms with Gasteiger partial charge >= 0.3 is 0 Å². The lowest BCUT2D eigenvalue weighted by atomic mass is 10.2. The summed E-state index contributed by atoms with van der Waals surface area (Å²) in [5.74, 6) is 0.0538. The van der Waals surface area contributed by atoms with Crippen LogP contribution in [0.25, 0.3) is 0 Å². The van der Waals surface area contributed by atoms with Gasteiger partial charge in [-0.15, -0.1) is 0 Å². The summed E-state index contributed by atoms with van der Waals surface area (Å²) in [6.07, 6.45) is 1.63. The largest absolute Gasteiger partial charge is 0.339 e. The Kier molecular flexibility index (Phi) is 4.07. The molecule has 4 heteroatoms. The van der Waals surface area contributed by atoms with Crippen LogP contribution in [0.4, 0.5) is 0 Å². The topological polar surface area (TPSA) is 33.2 Å². The Labute approximate surface area is 92.3 Å². The maximum Gasteiger partial charge on any atom is 0.253 e. The number of rotatable bonds is 3. The van der Waals surface area contributed by atoms with Gasteiger partial charge in [-0.1, -0.05) is 0 Å². The van der Waals surface area contributed by atoms with Crippen LogP contribution in [0.1, 0.15) is 24.2 Å². The molecule has 1 amide bonds. The van der Waals surface area contributed by atoms with E-state index in [1.807, 2.05) is 13.8 Å². The second kappa shape index (κ2) is 5.10. The van der Waals surface area contributed by atoms with Gasteiger partial charge in [0.1, 0.15) is 4.60 Å². The van der Waals surface area contributed by atoms with Crippen molar-refractivity contribution in [1.29, 1.82) is 0 Å². The fourth-order valence-electron chi connectivity index (χ4n) is 1.23. The predicted molar refractivity (Wildman–Crippen MR) is 59.2 cm³/mol. The minimum absolute atomic E-state index is 0.0538. The summed E-state index contributed by atoms with van der Waals surface area (Å²) in [6, 6.07) is 3.46. The molecule has 0 radical (unpaired) electrons. The molecule has 0 aliphatic heterocycles. The summed E-state index contributed by atoms with van der Waals surface area (Å²) < 4.78 is 0.690. The van der Waals surface area contributed by atoms with E-state index >= 15 is 0 Å². The Morgan fingerprint density at radius 1 is 1.50 bits per heavy atom. The van der Waals surface area contributed by atoms with Gasteiger partial charge in [0.15, 0.2) is 0 Å². The molecule has 0 saturated carbocycles. The van der Waals surface area contributed by atoms with Gasteiger partial charge in [-0.2, -0.15) is 0 Å². The van der Waals surface area contributed by atoms with Crippen LogP contribution in [0, 0.1) is 0 Å². The average molecular weight is 257 g/mol. The van der Waals surface area contributed by atoms with Gasteiger partial charge < -0.3 is 4.90 Å². The summed E-state index contributed by atoms with van der Waals surface area (Å²) in [4.78, 5) is 17.6. The highest BCUT2D eigenvalue weighted by Gasteiger charge is 2.12. The third-order valence-electron chi connectivity index (χ3n) is 2.02. The minimum Gasteiger partial charge on any atom is -0.339 e. The zero-order chi connectivity index (χ0) is 10.6. The zero-order valence-corrected chi connectivity index (χ0v) is 9.91. The number of halogens is 1. The molecule has 1 aromatic rings. The second-order valence-electron chi connectivity index (χ2n) is 2.84. The quantitative estimate of drug-likeness (QED) is 0.778. The number of aromatic nitrogens is 1. The Hall–Kier alpha value is -0.900. The van der Waals surface area contributed by atoms with Crippen LogP contribution in [-0.4, -0.2) is 28.9 Å². The summed E-state index contributed by atoms with van der Waals surface area (Å²) in [7, 11) is 0. The highest BCUT2D eigenvalue weighted by molar-refractivity contribution is 9.10. The summed E-state index contributed by atoms with van der Waals surface area (Å²) in [5, 5.41) is 0. The molecule has 1 aromatic heterocycles. The van der Waals surface area contributed by atoms with E-state index in [0.29, 0.717) is 10.2 Å². The van der Waals surface area contributed by atoms with Gasteiger partial charge in [-0.25, -0.2) is 4.98 Å². The van der Waals surface area contributed by atoms with Crippen molar-refractivity contribution in [1.82, 2.24) is 9.88 Å². The molecule has 1 heterocycles. The predicted octanol–water partition coefficient (Wildman–Crippen LogP) is 2.33. The fourth-order valence-corrected chi connectivity index (χ4v) is 1.59. The van der Waals surface area contributed by atoms with Crippen molar-refractivity contribution in [3.63, 3.8) is 0 Å². The van der Waals surface area contributed by atoms with E-state index in [1.165, 1.54) is 0 Å². The highest BCUT2D eigenvalue weighted by Crippen LogP contribution is 2.10. The molecule has 0 saturated heterocycles. The molecule has 0 aromatic carbocycles. The smallest absolute Gasteiger partial charge is 0.253 e. The van der Waals surface area contributed by atoms with Crippen molar-refractivity contribution in [2.75, 3.05) is 13.1 Å². The van der Waals surface area contributed by atoms with Crippen molar-refractivity contribution in [2.24, 2.45) is 0 Å². The van der Waals surface area contributed by atoms with Gasteiger partial charge in [-0.3, -0.25) is 4.79 Å². The van der Waals surface area contributed by atoms with E-state index in [2.05, 4.69) is 20.9 Å². The Morgan fingerprint density at radius 3 is 2.64 bits per heavy atom. The van der Waals surface area contributed by atoms with E-state index in [0.717, 1.165) is 13.1 Å². The standard InChI is InChI=1S/C10H13BrN2O/c1-3-13(4-2)10(14)8-5-6-12-9(11)7-8/h5-7H,3-4H2,1-2H3. The van der Waals surface area contributed by atoms with Crippen molar-refractivity contribution in [3.8, 4) is 0 Å². The molecule has 0 spiro atoms. The molecule has 0 bridgehead atoms. The number of amides is 1. The number of carbonyl (C=O) groups is 1. The number of hydrogen-bond donors (Lipinski definition) is 0. The van der Waals surface area contributed by atoms with Crippen LogP contribution in [0.3, 0.4) is 0 Å². The molecule has 3 nitrogen and oxygen atoms in total. The van der Waals surface area contributed by atoms with Crippen LogP contribution in [0.5, 0.6) is 0 Å². The van der Waals surface area contributed by atoms with E-state index < -0.39 is 0 Å². The minimum atomic E-state index is 0.0538. The summed E-state index contributed by atoms with van der Waals surface area (Å²) >= 11 is 3.24. The molecular formula is C10H13BrN2O. The molecule has 0 N–H and O–H groups in total. The monoisotopic (exact) mass is 256 g/mol. The van der Waals surface area contributed by atoms with Crippen molar-refractivity contribution in [3.05, 3.63) is 28.5 Å². The second-order valence-corrected chi connectivity index (χ2v) is 3.66. The molecule has 0 aliphatic carbocycles. The number of carbonyl (C=O) groups excluding carboxylic acids is 1. The van der Waals surface area contributed by atoms with Crippen LogP contribution in [-0.2, 0) is 0 Å². The first kappa shape index (κ1) is 11.2. The van der Waals surface area contributed by atoms with Gasteiger partial charge in [-0.05, 0) is 41.9 Å². The first-order valence-corrected chi connectivity index (χ1v) is 5.39. The van der Waals surface area contributed by atoms with Gasteiger partial charge in [0.25, 0.3) is 5.91 Å². The lowest BCUT2D eigenvalue weighted by molar-refractivity contribution is 0.0773. The maximum atomic E-state index is 11.8. The summed E-state index contributed by atoms with van der Waals surface area (Å²) in [6.45, 7) is 5.40. The maximum absolute atomic E-state index is 11.8. The third-order valence-corrected chi connectivity index (χ3v) is 2.46. The first-order valence-electron chi connectivity index (χ1n) is 4.59. The van der Waals surface area contributed by atoms with Crippen LogP contribution < -0.4 is 0 Å². The van der Waals surface area contributed by atoms with Gasteiger partial charge in [0.2, 0.25) is 0 Å². The highest BCUT2D eigenvalue weighted by atomic mass is 79.9. The number of hydrogen-bond acceptors (Lipinski definition) is 2. The van der Waals surface area contributed by atoms with E-state index in [1.54, 1.807) is 23.2 Å². The number of nitrogens with zero attached hydrogens (tertiary/aromatic N) is 2. The molecule has 1 rings (SSSR count). The van der Waals surface area contributed by atoms with Crippen molar-refractivity contribution >= 4 is 21.8 Å². The average Bonchev–Trinajstić information content (AvgIpc) is 2.19. The summed E-state index contributed by atoms with van der Waals surface area (Å²) in [5.41, 5.74) is 0.676. The Bertz CT molecular complexity index is 324. The normalized spacial score (nSPS) is 9.93. The van der Waals surface area contributed by atoms with Gasteiger partial charge in [0, 0.05) is 24.8 Å². The number of pyridine rings is 1. The first-order chi connectivity index (χ1) is 6.69. The molecule has 0 atom stereocenters. The van der Waals surface area contributed by atoms with Crippen LogP contribution in [0.2, 0.25) is 0 Å². The van der Waals surface area contributed by atoms with E-state index in [-0.39, 0.29) is 5.91 Å². The van der Waals surface area contributed by atoms with Crippen LogP contribution >= 0.6 is 15.9 Å². The van der Waals surface area contributed by atoms with E-state index in [4.69, 9.17) is 0 Å². The van der Waals surface area contributed by atoms with Crippen molar-refractivity contribution in [2.45, 2.75) is 13.8 Å². The zero-order valence-electron chi connectivity index (χ0n) is 8.33. The van der Waals surface area contributed by atoms with E-state index in [9.17, 15) is 4.79 Å². The third kappa shape index (κ3) is 2.54. The SMILES string of the molecule is CCN(CC)C(=O)c1ccnc(Br)c1. The molecule has 0 aliphatic rings. The molecule has 0 unspecified atom stereocenters. The molecule has 76 valence electrons. The molecule has 14 heavy (non-hydrogen) atoms.